The van der Waals surface area contributed by atoms with E-state index in [9.17, 15) is 0 Å². The summed E-state index contributed by atoms with van der Waals surface area (Å²) in [5, 5.41) is 0. The van der Waals surface area contributed by atoms with Gasteiger partial charge < -0.3 is 0 Å². The van der Waals surface area contributed by atoms with Crippen molar-refractivity contribution in [3.63, 3.8) is 0 Å². The van der Waals surface area contributed by atoms with Crippen LogP contribution in [0.5, 0.6) is 0 Å². The minimum Gasteiger partial charge on any atom is -0.271 e. The Hall–Kier alpha value is -0.860. The number of nitrogens with one attached hydrogen (secondary N) is 1. The van der Waals surface area contributed by atoms with Gasteiger partial charge in [-0.2, -0.15) is 0 Å². The molecule has 0 radical (unpaired) electrons. The number of hydrogen-bond donors (Lipinski definition) is 2. The summed E-state index contributed by atoms with van der Waals surface area (Å²) >= 11 is 0. The maximum atomic E-state index is 5.17. The first kappa shape index (κ1) is 11.1. The topological polar surface area (TPSA) is 38.0 Å². The maximum absolute atomic E-state index is 5.17. The Labute approximate surface area is 74.8 Å². The van der Waals surface area contributed by atoms with E-state index in [4.69, 9.17) is 5.84 Å². The van der Waals surface area contributed by atoms with Gasteiger partial charge in [0.1, 0.15) is 0 Å². The molecule has 0 saturated carbocycles. The summed E-state index contributed by atoms with van der Waals surface area (Å²) in [6.45, 7) is 8.59. The zero-order valence-electron chi connectivity index (χ0n) is 7.93. The summed E-state index contributed by atoms with van der Waals surface area (Å²) in [7, 11) is 0. The molecule has 0 unspecified atom stereocenters. The third-order valence-electron chi connectivity index (χ3n) is 1.51. The van der Waals surface area contributed by atoms with E-state index < -0.39 is 0 Å². The molecule has 0 bridgehead atoms. The normalized spacial score (nSPS) is 12.4. The highest BCUT2D eigenvalue weighted by atomic mass is 15.2. The van der Waals surface area contributed by atoms with Crippen molar-refractivity contribution in [2.45, 2.75) is 20.3 Å². The molecule has 0 aromatic heterocycles. The SMILES string of the molecule is C=C(C)/C=C\C(=C/C)CCNN. The lowest BCUT2D eigenvalue weighted by Crippen LogP contribution is -2.22. The Morgan fingerprint density at radius 3 is 2.58 bits per heavy atom. The molecule has 0 aliphatic heterocycles. The highest BCUT2D eigenvalue weighted by molar-refractivity contribution is 5.24. The minimum atomic E-state index is 0.806. The Morgan fingerprint density at radius 1 is 1.50 bits per heavy atom. The second kappa shape index (κ2) is 6.83. The fourth-order valence-electron chi connectivity index (χ4n) is 0.790. The zero-order valence-corrected chi connectivity index (χ0v) is 7.93. The van der Waals surface area contributed by atoms with E-state index in [2.05, 4.69) is 24.2 Å². The molecule has 68 valence electrons. The Kier molecular flexibility index (Phi) is 6.34. The van der Waals surface area contributed by atoms with E-state index >= 15 is 0 Å². The summed E-state index contributed by atoms with van der Waals surface area (Å²) in [5.41, 5.74) is 4.96. The first-order valence-electron chi connectivity index (χ1n) is 4.13. The fraction of sp³-hybridized carbons (Fsp3) is 0.400. The average Bonchev–Trinajstić information content (AvgIpc) is 2.05. The summed E-state index contributed by atoms with van der Waals surface area (Å²) in [6, 6.07) is 0. The molecule has 0 heterocycles. The number of hydrazine groups is 1. The lowest BCUT2D eigenvalue weighted by atomic mass is 10.1. The van der Waals surface area contributed by atoms with Crippen molar-refractivity contribution >= 4 is 0 Å². The molecule has 2 nitrogen and oxygen atoms in total. The molecule has 0 aromatic carbocycles. The average molecular weight is 166 g/mol. The van der Waals surface area contributed by atoms with E-state index in [1.54, 1.807) is 0 Å². The van der Waals surface area contributed by atoms with Crippen LogP contribution in [0.3, 0.4) is 0 Å². The second-order valence-electron chi connectivity index (χ2n) is 2.75. The van der Waals surface area contributed by atoms with Crippen molar-refractivity contribution in [3.8, 4) is 0 Å². The van der Waals surface area contributed by atoms with Crippen LogP contribution in [0.4, 0.5) is 0 Å². The van der Waals surface area contributed by atoms with Gasteiger partial charge in [0.25, 0.3) is 0 Å². The number of rotatable bonds is 5. The monoisotopic (exact) mass is 166 g/mol. The summed E-state index contributed by atoms with van der Waals surface area (Å²) in [4.78, 5) is 0. The molecule has 0 aliphatic carbocycles. The number of nitrogens with two attached hydrogens (primary N) is 1. The van der Waals surface area contributed by atoms with Crippen LogP contribution >= 0.6 is 0 Å². The molecule has 0 aliphatic rings. The highest BCUT2D eigenvalue weighted by Gasteiger charge is 1.89. The van der Waals surface area contributed by atoms with Crippen molar-refractivity contribution in [3.05, 3.63) is 36.0 Å². The third kappa shape index (κ3) is 5.89. The molecule has 0 saturated heterocycles. The van der Waals surface area contributed by atoms with E-state index in [1.807, 2.05) is 19.9 Å². The van der Waals surface area contributed by atoms with Crippen molar-refractivity contribution in [2.75, 3.05) is 6.54 Å². The van der Waals surface area contributed by atoms with Crippen LogP contribution in [0.25, 0.3) is 0 Å². The minimum absolute atomic E-state index is 0.806. The highest BCUT2D eigenvalue weighted by Crippen LogP contribution is 2.03. The van der Waals surface area contributed by atoms with Gasteiger partial charge in [0.15, 0.2) is 0 Å². The number of hydrogen-bond acceptors (Lipinski definition) is 2. The smallest absolute Gasteiger partial charge is 0.0138 e. The molecular formula is C10H18N2. The largest absolute Gasteiger partial charge is 0.271 e. The Morgan fingerprint density at radius 2 is 2.17 bits per heavy atom. The van der Waals surface area contributed by atoms with Crippen molar-refractivity contribution in [1.82, 2.24) is 5.43 Å². The van der Waals surface area contributed by atoms with Gasteiger partial charge in [-0.3, -0.25) is 11.3 Å². The van der Waals surface area contributed by atoms with E-state index in [0.29, 0.717) is 0 Å². The molecule has 0 atom stereocenters. The van der Waals surface area contributed by atoms with Crippen LogP contribution in [-0.2, 0) is 0 Å². The molecule has 0 amide bonds. The van der Waals surface area contributed by atoms with E-state index in [0.717, 1.165) is 18.5 Å². The predicted molar refractivity (Wildman–Crippen MR) is 54.5 cm³/mol. The fourth-order valence-corrected chi connectivity index (χ4v) is 0.790. The van der Waals surface area contributed by atoms with Gasteiger partial charge in [-0.25, -0.2) is 0 Å². The first-order valence-corrected chi connectivity index (χ1v) is 4.13. The van der Waals surface area contributed by atoms with Gasteiger partial charge in [-0.05, 0) is 20.3 Å². The predicted octanol–water partition coefficient (Wildman–Crippen LogP) is 1.92. The van der Waals surface area contributed by atoms with Gasteiger partial charge in [0.2, 0.25) is 0 Å². The lowest BCUT2D eigenvalue weighted by Gasteiger charge is -1.99. The van der Waals surface area contributed by atoms with Crippen molar-refractivity contribution in [2.24, 2.45) is 5.84 Å². The molecule has 12 heavy (non-hydrogen) atoms. The maximum Gasteiger partial charge on any atom is 0.0138 e. The van der Waals surface area contributed by atoms with Crippen molar-refractivity contribution in [1.29, 1.82) is 0 Å². The molecule has 0 aromatic rings. The van der Waals surface area contributed by atoms with Gasteiger partial charge in [-0.1, -0.05) is 36.0 Å². The van der Waals surface area contributed by atoms with Crippen LogP contribution in [0.15, 0.2) is 36.0 Å². The van der Waals surface area contributed by atoms with Crippen LogP contribution in [0, 0.1) is 0 Å². The van der Waals surface area contributed by atoms with Crippen LogP contribution in [0.1, 0.15) is 20.3 Å². The second-order valence-corrected chi connectivity index (χ2v) is 2.75. The van der Waals surface area contributed by atoms with Crippen LogP contribution in [0.2, 0.25) is 0 Å². The van der Waals surface area contributed by atoms with Gasteiger partial charge >= 0.3 is 0 Å². The molecule has 0 rings (SSSR count). The molecule has 0 spiro atoms. The van der Waals surface area contributed by atoms with Gasteiger partial charge in [0.05, 0.1) is 0 Å². The molecular weight excluding hydrogens is 148 g/mol. The Balaban J connectivity index is 3.92. The number of allylic oxidation sites excluding steroid dienone is 4. The summed E-state index contributed by atoms with van der Waals surface area (Å²) in [5.74, 6) is 5.17. The first-order chi connectivity index (χ1) is 5.70. The molecule has 2 heteroatoms. The summed E-state index contributed by atoms with van der Waals surface area (Å²) < 4.78 is 0. The standard InChI is InChI=1S/C10H18N2/c1-4-10(7-8-12-11)6-5-9(2)3/h4-6,12H,2,7-8,11H2,1,3H3/b6-5-,10-4+. The van der Waals surface area contributed by atoms with Crippen molar-refractivity contribution < 1.29 is 0 Å². The molecule has 0 fully saturated rings. The third-order valence-corrected chi connectivity index (χ3v) is 1.51. The molecule has 3 N–H and O–H groups in total. The van der Waals surface area contributed by atoms with Gasteiger partial charge in [0, 0.05) is 6.54 Å². The van der Waals surface area contributed by atoms with E-state index in [1.165, 1.54) is 5.57 Å². The van der Waals surface area contributed by atoms with Crippen LogP contribution in [-0.4, -0.2) is 6.54 Å². The quantitative estimate of drug-likeness (QED) is 0.372. The van der Waals surface area contributed by atoms with E-state index in [-0.39, 0.29) is 0 Å². The zero-order chi connectivity index (χ0) is 9.40. The lowest BCUT2D eigenvalue weighted by molar-refractivity contribution is 0.730. The Bertz CT molecular complexity index is 190. The summed E-state index contributed by atoms with van der Waals surface area (Å²) in [6.07, 6.45) is 7.11. The van der Waals surface area contributed by atoms with Crippen LogP contribution < -0.4 is 11.3 Å². The van der Waals surface area contributed by atoms with Gasteiger partial charge in [-0.15, -0.1) is 0 Å².